The predicted molar refractivity (Wildman–Crippen MR) is 50.0 cm³/mol. The second-order valence-corrected chi connectivity index (χ2v) is 3.10. The van der Waals surface area contributed by atoms with Crippen LogP contribution in [0.3, 0.4) is 0 Å². The zero-order valence-corrected chi connectivity index (χ0v) is 7.62. The van der Waals surface area contributed by atoms with Gasteiger partial charge in [-0.05, 0) is 25.1 Å². The molecule has 1 fully saturated rings. The number of halogens is 1. The van der Waals surface area contributed by atoms with Crippen molar-refractivity contribution >= 4 is 11.7 Å². The largest absolute Gasteiger partial charge is 0.337 e. The standard InChI is InChI=1S/C9H10FN3O/c1-6-11-12-9(14)13(6)8-4-2-3-7(10)5-8/h2-6,11H,1H3,(H,12,14). The molecule has 0 bridgehead atoms. The molecule has 1 atom stereocenters. The molecular formula is C9H10FN3O. The van der Waals surface area contributed by atoms with E-state index in [4.69, 9.17) is 0 Å². The third kappa shape index (κ3) is 1.42. The lowest BCUT2D eigenvalue weighted by molar-refractivity contribution is 0.250. The lowest BCUT2D eigenvalue weighted by Crippen LogP contribution is -2.34. The van der Waals surface area contributed by atoms with Gasteiger partial charge in [0.05, 0.1) is 5.69 Å². The van der Waals surface area contributed by atoms with E-state index in [0.717, 1.165) is 0 Å². The van der Waals surface area contributed by atoms with Crippen LogP contribution in [-0.4, -0.2) is 12.2 Å². The van der Waals surface area contributed by atoms with E-state index in [1.807, 2.05) is 6.92 Å². The Balaban J connectivity index is 2.34. The first-order valence-corrected chi connectivity index (χ1v) is 4.29. The number of benzene rings is 1. The maximum atomic E-state index is 12.9. The molecule has 4 nitrogen and oxygen atoms in total. The van der Waals surface area contributed by atoms with Gasteiger partial charge in [-0.3, -0.25) is 10.3 Å². The van der Waals surface area contributed by atoms with E-state index in [1.165, 1.54) is 17.0 Å². The molecule has 1 aromatic rings. The van der Waals surface area contributed by atoms with Gasteiger partial charge in [-0.25, -0.2) is 14.6 Å². The SMILES string of the molecule is CC1NNC(=O)N1c1cccc(F)c1. The molecule has 1 aliphatic heterocycles. The number of amides is 2. The van der Waals surface area contributed by atoms with Gasteiger partial charge in [-0.1, -0.05) is 6.07 Å². The molecule has 74 valence electrons. The van der Waals surface area contributed by atoms with Crippen LogP contribution in [0.15, 0.2) is 24.3 Å². The van der Waals surface area contributed by atoms with E-state index in [-0.39, 0.29) is 18.0 Å². The van der Waals surface area contributed by atoms with Gasteiger partial charge < -0.3 is 0 Å². The number of carbonyl (C=O) groups excluding carboxylic acids is 1. The fraction of sp³-hybridized carbons (Fsp3) is 0.222. The van der Waals surface area contributed by atoms with Crippen LogP contribution < -0.4 is 15.8 Å². The Labute approximate surface area is 80.7 Å². The van der Waals surface area contributed by atoms with Crippen LogP contribution in [-0.2, 0) is 0 Å². The molecule has 2 amide bonds. The van der Waals surface area contributed by atoms with E-state index in [2.05, 4.69) is 10.9 Å². The quantitative estimate of drug-likeness (QED) is 0.707. The minimum Gasteiger partial charge on any atom is -0.276 e. The number of hydrazine groups is 1. The van der Waals surface area contributed by atoms with Crippen molar-refractivity contribution in [2.24, 2.45) is 0 Å². The van der Waals surface area contributed by atoms with Crippen LogP contribution in [0.2, 0.25) is 0 Å². The predicted octanol–water partition coefficient (Wildman–Crippen LogP) is 1.21. The Morgan fingerprint density at radius 3 is 2.86 bits per heavy atom. The third-order valence-electron chi connectivity index (χ3n) is 2.08. The monoisotopic (exact) mass is 195 g/mol. The molecule has 2 rings (SSSR count). The number of rotatable bonds is 1. The highest BCUT2D eigenvalue weighted by Gasteiger charge is 2.28. The highest BCUT2D eigenvalue weighted by atomic mass is 19.1. The van der Waals surface area contributed by atoms with Gasteiger partial charge in [-0.15, -0.1) is 0 Å². The summed E-state index contributed by atoms with van der Waals surface area (Å²) >= 11 is 0. The Hall–Kier alpha value is -1.62. The smallest absolute Gasteiger partial charge is 0.276 e. The molecule has 1 heterocycles. The first-order chi connectivity index (χ1) is 6.68. The molecule has 1 saturated heterocycles. The van der Waals surface area contributed by atoms with Crippen LogP contribution in [0.5, 0.6) is 0 Å². The molecule has 0 aromatic heterocycles. The zero-order valence-electron chi connectivity index (χ0n) is 7.62. The Morgan fingerprint density at radius 1 is 1.50 bits per heavy atom. The Bertz CT molecular complexity index is 369. The van der Waals surface area contributed by atoms with Crippen molar-refractivity contribution in [3.05, 3.63) is 30.1 Å². The maximum absolute atomic E-state index is 12.9. The van der Waals surface area contributed by atoms with Crippen molar-refractivity contribution in [3.63, 3.8) is 0 Å². The van der Waals surface area contributed by atoms with Crippen LogP contribution in [0.1, 0.15) is 6.92 Å². The van der Waals surface area contributed by atoms with Gasteiger partial charge in [0.2, 0.25) is 0 Å². The van der Waals surface area contributed by atoms with Crippen molar-refractivity contribution in [2.45, 2.75) is 13.1 Å². The first-order valence-electron chi connectivity index (χ1n) is 4.29. The summed E-state index contributed by atoms with van der Waals surface area (Å²) < 4.78 is 12.9. The maximum Gasteiger partial charge on any atom is 0.337 e. The Morgan fingerprint density at radius 2 is 2.29 bits per heavy atom. The number of nitrogens with one attached hydrogen (secondary N) is 2. The van der Waals surface area contributed by atoms with Crippen molar-refractivity contribution in [1.29, 1.82) is 0 Å². The van der Waals surface area contributed by atoms with E-state index in [0.29, 0.717) is 5.69 Å². The average molecular weight is 195 g/mol. The van der Waals surface area contributed by atoms with Crippen LogP contribution >= 0.6 is 0 Å². The van der Waals surface area contributed by atoms with Gasteiger partial charge in [0.15, 0.2) is 0 Å². The van der Waals surface area contributed by atoms with Crippen LogP contribution in [0.4, 0.5) is 14.9 Å². The molecule has 0 aliphatic carbocycles. The lowest BCUT2D eigenvalue weighted by Gasteiger charge is -2.18. The van der Waals surface area contributed by atoms with Crippen molar-refractivity contribution in [2.75, 3.05) is 4.90 Å². The average Bonchev–Trinajstić information content (AvgIpc) is 2.46. The van der Waals surface area contributed by atoms with Crippen molar-refractivity contribution in [3.8, 4) is 0 Å². The molecule has 14 heavy (non-hydrogen) atoms. The molecule has 1 aromatic carbocycles. The van der Waals surface area contributed by atoms with E-state index in [9.17, 15) is 9.18 Å². The van der Waals surface area contributed by atoms with E-state index in [1.54, 1.807) is 12.1 Å². The summed E-state index contributed by atoms with van der Waals surface area (Å²) in [7, 11) is 0. The van der Waals surface area contributed by atoms with Crippen LogP contribution in [0.25, 0.3) is 0 Å². The first kappa shape index (κ1) is 8.96. The summed E-state index contributed by atoms with van der Waals surface area (Å²) in [5, 5.41) is 0. The zero-order chi connectivity index (χ0) is 10.1. The minimum atomic E-state index is -0.352. The number of carbonyl (C=O) groups is 1. The molecule has 1 unspecified atom stereocenters. The van der Waals surface area contributed by atoms with Crippen molar-refractivity contribution in [1.82, 2.24) is 10.9 Å². The molecule has 1 aliphatic rings. The Kier molecular flexibility index (Phi) is 2.09. The number of hydrogen-bond donors (Lipinski definition) is 2. The second kappa shape index (κ2) is 3.26. The van der Waals surface area contributed by atoms with Gasteiger partial charge >= 0.3 is 6.03 Å². The number of urea groups is 1. The summed E-state index contributed by atoms with van der Waals surface area (Å²) in [6.45, 7) is 1.81. The minimum absolute atomic E-state index is 0.177. The highest BCUT2D eigenvalue weighted by Crippen LogP contribution is 2.19. The molecular weight excluding hydrogens is 185 g/mol. The molecule has 2 N–H and O–H groups in total. The number of nitrogens with zero attached hydrogens (tertiary/aromatic N) is 1. The number of anilines is 1. The fourth-order valence-corrected chi connectivity index (χ4v) is 1.43. The van der Waals surface area contributed by atoms with Gasteiger partial charge in [0, 0.05) is 0 Å². The summed E-state index contributed by atoms with van der Waals surface area (Å²) in [5.41, 5.74) is 5.73. The normalized spacial score (nSPS) is 21.1. The van der Waals surface area contributed by atoms with E-state index < -0.39 is 0 Å². The summed E-state index contributed by atoms with van der Waals surface area (Å²) in [5.74, 6) is -0.352. The fourth-order valence-electron chi connectivity index (χ4n) is 1.43. The van der Waals surface area contributed by atoms with Gasteiger partial charge in [0.25, 0.3) is 0 Å². The molecule has 0 saturated carbocycles. The summed E-state index contributed by atoms with van der Waals surface area (Å²) in [6, 6.07) is 5.65. The van der Waals surface area contributed by atoms with Crippen molar-refractivity contribution < 1.29 is 9.18 Å². The lowest BCUT2D eigenvalue weighted by atomic mass is 10.3. The molecule has 0 spiro atoms. The topological polar surface area (TPSA) is 44.4 Å². The van der Waals surface area contributed by atoms with Gasteiger partial charge in [-0.2, -0.15) is 0 Å². The molecule has 0 radical (unpaired) electrons. The summed E-state index contributed by atoms with van der Waals surface area (Å²) in [4.78, 5) is 12.8. The highest BCUT2D eigenvalue weighted by molar-refractivity contribution is 5.93. The van der Waals surface area contributed by atoms with Crippen LogP contribution in [0, 0.1) is 5.82 Å². The summed E-state index contributed by atoms with van der Waals surface area (Å²) in [6.07, 6.45) is -0.177. The van der Waals surface area contributed by atoms with Gasteiger partial charge in [0.1, 0.15) is 12.0 Å². The van der Waals surface area contributed by atoms with E-state index >= 15 is 0 Å². The third-order valence-corrected chi connectivity index (χ3v) is 2.08. The molecule has 5 heteroatoms. The number of hydrogen-bond acceptors (Lipinski definition) is 2. The second-order valence-electron chi connectivity index (χ2n) is 3.10.